The van der Waals surface area contributed by atoms with Crippen LogP contribution in [-0.4, -0.2) is 36.4 Å². The van der Waals surface area contributed by atoms with Gasteiger partial charge in [-0.05, 0) is 80.1 Å². The number of nitrogens with one attached hydrogen (secondary N) is 2. The quantitative estimate of drug-likeness (QED) is 0.240. The highest BCUT2D eigenvalue weighted by molar-refractivity contribution is 7.93. The Morgan fingerprint density at radius 2 is 1.46 bits per heavy atom. The molecule has 4 aromatic rings. The largest absolute Gasteiger partial charge is 0.495 e. The smallest absolute Gasteiger partial charge is 0.264 e. The first kappa shape index (κ1) is 29.9. The van der Waals surface area contributed by atoms with Gasteiger partial charge in [0.2, 0.25) is 5.91 Å². The molecule has 0 fully saturated rings. The predicted molar refractivity (Wildman–Crippen MR) is 161 cm³/mol. The highest BCUT2D eigenvalue weighted by atomic mass is 35.5. The number of nitrogens with zero attached hydrogens (tertiary/aromatic N) is 1. The second-order valence-corrected chi connectivity index (χ2v) is 13.0. The van der Waals surface area contributed by atoms with Gasteiger partial charge in [-0.15, -0.1) is 0 Å². The van der Waals surface area contributed by atoms with Gasteiger partial charge in [0.15, 0.2) is 0 Å². The number of amides is 1. The second kappa shape index (κ2) is 12.2. The van der Waals surface area contributed by atoms with E-state index in [4.69, 9.17) is 16.3 Å². The van der Waals surface area contributed by atoms with Crippen molar-refractivity contribution in [2.75, 3.05) is 28.0 Å². The third kappa shape index (κ3) is 6.82. The van der Waals surface area contributed by atoms with Gasteiger partial charge in [0.1, 0.15) is 12.3 Å². The zero-order valence-electron chi connectivity index (χ0n) is 22.5. The van der Waals surface area contributed by atoms with Crippen LogP contribution in [-0.2, 0) is 24.8 Å². The summed E-state index contributed by atoms with van der Waals surface area (Å²) in [6.45, 7) is 2.98. The first-order valence-electron chi connectivity index (χ1n) is 12.3. The molecule has 4 rings (SSSR count). The number of para-hydroxylation sites is 2. The van der Waals surface area contributed by atoms with Crippen molar-refractivity contribution < 1.29 is 26.4 Å². The van der Waals surface area contributed by atoms with Crippen LogP contribution in [0.5, 0.6) is 5.75 Å². The van der Waals surface area contributed by atoms with Crippen molar-refractivity contribution in [1.82, 2.24) is 0 Å². The number of rotatable bonds is 10. The number of hydrogen-bond donors (Lipinski definition) is 2. The SMILES string of the molecule is COc1ccccc1N(CC(=O)Nc1ccc(S(=O)(=O)Nc2cccc(Cl)c2C)cc1)S(=O)(=O)c1ccc(C)cc1. The molecule has 0 heterocycles. The van der Waals surface area contributed by atoms with Crippen LogP contribution in [0.15, 0.2) is 101 Å². The molecule has 0 bridgehead atoms. The van der Waals surface area contributed by atoms with E-state index >= 15 is 0 Å². The maximum absolute atomic E-state index is 13.7. The van der Waals surface area contributed by atoms with Crippen molar-refractivity contribution in [3.63, 3.8) is 0 Å². The maximum Gasteiger partial charge on any atom is 0.264 e. The lowest BCUT2D eigenvalue weighted by Crippen LogP contribution is -2.38. The molecule has 12 heteroatoms. The number of anilines is 3. The van der Waals surface area contributed by atoms with E-state index in [1.54, 1.807) is 61.5 Å². The van der Waals surface area contributed by atoms with Gasteiger partial charge in [0.05, 0.1) is 28.3 Å². The molecule has 0 atom stereocenters. The van der Waals surface area contributed by atoms with Crippen LogP contribution < -0.4 is 19.1 Å². The van der Waals surface area contributed by atoms with Crippen LogP contribution >= 0.6 is 11.6 Å². The highest BCUT2D eigenvalue weighted by Gasteiger charge is 2.29. The molecular formula is C29H28ClN3O6S2. The maximum atomic E-state index is 13.7. The Labute approximate surface area is 244 Å². The van der Waals surface area contributed by atoms with Crippen LogP contribution in [0.1, 0.15) is 11.1 Å². The number of carbonyl (C=O) groups excluding carboxylic acids is 1. The van der Waals surface area contributed by atoms with E-state index in [0.717, 1.165) is 9.87 Å². The van der Waals surface area contributed by atoms with Crippen LogP contribution in [0.4, 0.5) is 17.1 Å². The molecule has 0 spiro atoms. The van der Waals surface area contributed by atoms with E-state index in [1.165, 1.54) is 43.5 Å². The van der Waals surface area contributed by atoms with Crippen molar-refractivity contribution >= 4 is 54.6 Å². The molecule has 1 amide bonds. The van der Waals surface area contributed by atoms with E-state index < -0.39 is 32.5 Å². The standard InChI is InChI=1S/C29H28ClN3O6S2/c1-20-11-15-24(16-12-20)41(37,38)33(27-9-4-5-10-28(27)39-3)19-29(34)31-22-13-17-23(18-14-22)40(35,36)32-26-8-6-7-25(30)21(26)2/h4-18,32H,19H2,1-3H3,(H,31,34). The minimum absolute atomic E-state index is 0.0128. The number of carbonyl (C=O) groups is 1. The van der Waals surface area contributed by atoms with Gasteiger partial charge in [0.25, 0.3) is 20.0 Å². The lowest BCUT2D eigenvalue weighted by molar-refractivity contribution is -0.114. The van der Waals surface area contributed by atoms with E-state index in [-0.39, 0.29) is 26.9 Å². The van der Waals surface area contributed by atoms with Crippen LogP contribution in [0, 0.1) is 13.8 Å². The molecule has 41 heavy (non-hydrogen) atoms. The normalized spacial score (nSPS) is 11.5. The van der Waals surface area contributed by atoms with Crippen LogP contribution in [0.25, 0.3) is 0 Å². The van der Waals surface area contributed by atoms with Gasteiger partial charge in [-0.25, -0.2) is 16.8 Å². The van der Waals surface area contributed by atoms with Crippen molar-refractivity contribution in [2.45, 2.75) is 23.6 Å². The number of halogens is 1. The molecule has 2 N–H and O–H groups in total. The Bertz CT molecular complexity index is 1780. The first-order chi connectivity index (χ1) is 19.4. The predicted octanol–water partition coefficient (Wildman–Crippen LogP) is 5.60. The minimum atomic E-state index is -4.16. The van der Waals surface area contributed by atoms with Crippen molar-refractivity contribution in [3.05, 3.63) is 107 Å². The molecule has 0 unspecified atom stereocenters. The summed E-state index contributed by atoms with van der Waals surface area (Å²) < 4.78 is 62.0. The van der Waals surface area contributed by atoms with Crippen molar-refractivity contribution in [2.24, 2.45) is 0 Å². The van der Waals surface area contributed by atoms with Crippen molar-refractivity contribution in [3.8, 4) is 5.75 Å². The number of methoxy groups -OCH3 is 1. The lowest BCUT2D eigenvalue weighted by Gasteiger charge is -2.25. The third-order valence-electron chi connectivity index (χ3n) is 6.21. The minimum Gasteiger partial charge on any atom is -0.495 e. The van der Waals surface area contributed by atoms with Gasteiger partial charge < -0.3 is 10.1 Å². The Balaban J connectivity index is 1.56. The Morgan fingerprint density at radius 3 is 2.12 bits per heavy atom. The Kier molecular flexibility index (Phi) is 8.91. The summed E-state index contributed by atoms with van der Waals surface area (Å²) in [6.07, 6.45) is 0. The molecule has 9 nitrogen and oxygen atoms in total. The number of sulfonamides is 2. The monoisotopic (exact) mass is 613 g/mol. The first-order valence-corrected chi connectivity index (χ1v) is 15.6. The number of aryl methyl sites for hydroxylation is 1. The molecule has 0 aliphatic rings. The molecule has 0 saturated carbocycles. The molecule has 0 aliphatic carbocycles. The van der Waals surface area contributed by atoms with E-state index in [2.05, 4.69) is 10.0 Å². The van der Waals surface area contributed by atoms with Gasteiger partial charge in [0, 0.05) is 10.7 Å². The fourth-order valence-corrected chi connectivity index (χ4v) is 6.67. The van der Waals surface area contributed by atoms with Gasteiger partial charge in [-0.2, -0.15) is 0 Å². The summed E-state index contributed by atoms with van der Waals surface area (Å²) in [5, 5.41) is 3.06. The summed E-state index contributed by atoms with van der Waals surface area (Å²) in [5.41, 5.74) is 2.28. The molecule has 4 aromatic carbocycles. The molecular weight excluding hydrogens is 586 g/mol. The fourth-order valence-electron chi connectivity index (χ4n) is 3.94. The fraction of sp³-hybridized carbons (Fsp3) is 0.138. The zero-order chi connectivity index (χ0) is 29.8. The summed E-state index contributed by atoms with van der Waals surface area (Å²) >= 11 is 6.10. The summed E-state index contributed by atoms with van der Waals surface area (Å²) in [4.78, 5) is 13.1. The average Bonchev–Trinajstić information content (AvgIpc) is 2.94. The second-order valence-electron chi connectivity index (χ2n) is 9.09. The molecule has 214 valence electrons. The molecule has 0 radical (unpaired) electrons. The van der Waals surface area contributed by atoms with Crippen LogP contribution in [0.3, 0.4) is 0 Å². The number of ether oxygens (including phenoxy) is 1. The third-order valence-corrected chi connectivity index (χ3v) is 9.78. The highest BCUT2D eigenvalue weighted by Crippen LogP contribution is 2.32. The lowest BCUT2D eigenvalue weighted by atomic mass is 10.2. The molecule has 0 aliphatic heterocycles. The Morgan fingerprint density at radius 1 is 0.829 bits per heavy atom. The summed E-state index contributed by atoms with van der Waals surface area (Å²) in [6, 6.07) is 23.2. The average molecular weight is 614 g/mol. The van der Waals surface area contributed by atoms with E-state index in [0.29, 0.717) is 16.3 Å². The van der Waals surface area contributed by atoms with E-state index in [9.17, 15) is 21.6 Å². The van der Waals surface area contributed by atoms with E-state index in [1.807, 2.05) is 6.92 Å². The zero-order valence-corrected chi connectivity index (χ0v) is 24.8. The van der Waals surface area contributed by atoms with Gasteiger partial charge >= 0.3 is 0 Å². The van der Waals surface area contributed by atoms with Gasteiger partial charge in [-0.1, -0.05) is 47.5 Å². The summed E-state index contributed by atoms with van der Waals surface area (Å²) in [5.74, 6) is -0.372. The topological polar surface area (TPSA) is 122 Å². The number of hydrogen-bond acceptors (Lipinski definition) is 6. The molecule has 0 saturated heterocycles. The van der Waals surface area contributed by atoms with Crippen LogP contribution in [0.2, 0.25) is 5.02 Å². The Hall–Kier alpha value is -4.06. The van der Waals surface area contributed by atoms with Crippen molar-refractivity contribution in [1.29, 1.82) is 0 Å². The molecule has 0 aromatic heterocycles. The number of benzene rings is 4. The summed E-state index contributed by atoms with van der Waals surface area (Å²) in [7, 11) is -6.68. The van der Waals surface area contributed by atoms with Gasteiger partial charge in [-0.3, -0.25) is 13.8 Å².